The molecule has 0 saturated heterocycles. The molecule has 3 heterocycles. The van der Waals surface area contributed by atoms with Gasteiger partial charge in [0.1, 0.15) is 0 Å². The number of fused-ring (bicyclic) bond motifs is 6. The predicted molar refractivity (Wildman–Crippen MR) is 294 cm³/mol. The van der Waals surface area contributed by atoms with Crippen LogP contribution in [0.3, 0.4) is 0 Å². The Kier molecular flexibility index (Phi) is 10.2. The summed E-state index contributed by atoms with van der Waals surface area (Å²) in [5, 5.41) is 14.4. The molecular formula is C66H40N6. The maximum absolute atomic E-state index is 9.88. The zero-order valence-corrected chi connectivity index (χ0v) is 38.8. The van der Waals surface area contributed by atoms with Crippen molar-refractivity contribution in [1.29, 1.82) is 5.26 Å². The maximum Gasteiger partial charge on any atom is 0.187 e. The number of benzene rings is 10. The second-order valence-electron chi connectivity index (χ2n) is 18.0. The lowest BCUT2D eigenvalue weighted by Gasteiger charge is -2.20. The van der Waals surface area contributed by atoms with E-state index in [4.69, 9.17) is 16.5 Å². The van der Waals surface area contributed by atoms with Crippen molar-refractivity contribution >= 4 is 49.3 Å². The van der Waals surface area contributed by atoms with E-state index in [0.29, 0.717) is 17.1 Å². The van der Waals surface area contributed by atoms with Crippen LogP contribution in [0.1, 0.15) is 5.56 Å². The van der Waals surface area contributed by atoms with E-state index >= 15 is 0 Å². The first-order chi connectivity index (χ1) is 35.6. The van der Waals surface area contributed by atoms with Gasteiger partial charge in [-0.1, -0.05) is 164 Å². The van der Waals surface area contributed by atoms with Crippen molar-refractivity contribution in [1.82, 2.24) is 19.1 Å². The molecule has 0 fully saturated rings. The van der Waals surface area contributed by atoms with E-state index in [9.17, 15) is 5.26 Å². The highest BCUT2D eigenvalue weighted by Crippen LogP contribution is 2.44. The molecular weight excluding hydrogens is 877 g/mol. The molecule has 13 rings (SSSR count). The van der Waals surface area contributed by atoms with Crippen LogP contribution in [0.2, 0.25) is 0 Å². The summed E-state index contributed by atoms with van der Waals surface area (Å²) in [6.07, 6.45) is 0. The van der Waals surface area contributed by atoms with E-state index in [1.807, 2.05) is 72.8 Å². The molecule has 0 aliphatic carbocycles. The normalized spacial score (nSPS) is 11.3. The van der Waals surface area contributed by atoms with Crippen LogP contribution in [0, 0.1) is 17.9 Å². The van der Waals surface area contributed by atoms with Crippen LogP contribution in [0.25, 0.3) is 127 Å². The van der Waals surface area contributed by atoms with Crippen LogP contribution in [0.15, 0.2) is 243 Å². The van der Waals surface area contributed by atoms with Crippen molar-refractivity contribution < 1.29 is 0 Å². The first-order valence-corrected chi connectivity index (χ1v) is 23.9. The third kappa shape index (κ3) is 7.19. The van der Waals surface area contributed by atoms with Crippen LogP contribution in [-0.2, 0) is 0 Å². The Morgan fingerprint density at radius 1 is 0.361 bits per heavy atom. The number of rotatable bonds is 8. The van der Waals surface area contributed by atoms with Gasteiger partial charge in [0, 0.05) is 49.4 Å². The van der Waals surface area contributed by atoms with Crippen LogP contribution < -0.4 is 0 Å². The minimum absolute atomic E-state index is 0.594. The third-order valence-electron chi connectivity index (χ3n) is 13.8. The molecule has 0 radical (unpaired) electrons. The van der Waals surface area contributed by atoms with Crippen molar-refractivity contribution in [3.63, 3.8) is 0 Å². The molecule has 0 aliphatic heterocycles. The van der Waals surface area contributed by atoms with E-state index < -0.39 is 0 Å². The molecule has 334 valence electrons. The van der Waals surface area contributed by atoms with Gasteiger partial charge >= 0.3 is 0 Å². The second-order valence-corrected chi connectivity index (χ2v) is 18.0. The predicted octanol–water partition coefficient (Wildman–Crippen LogP) is 17.1. The van der Waals surface area contributed by atoms with Gasteiger partial charge in [-0.25, -0.2) is 14.8 Å². The number of nitriles is 1. The smallest absolute Gasteiger partial charge is 0.187 e. The van der Waals surface area contributed by atoms with Gasteiger partial charge in [-0.05, 0) is 101 Å². The van der Waals surface area contributed by atoms with E-state index in [-0.39, 0.29) is 0 Å². The number of hydrogen-bond acceptors (Lipinski definition) is 3. The molecule has 6 nitrogen and oxygen atoms in total. The Hall–Kier alpha value is -10.1. The van der Waals surface area contributed by atoms with Gasteiger partial charge in [0.25, 0.3) is 0 Å². The monoisotopic (exact) mass is 916 g/mol. The molecule has 0 N–H and O–H groups in total. The van der Waals surface area contributed by atoms with Crippen molar-refractivity contribution in [3.8, 4) is 84.7 Å². The summed E-state index contributed by atoms with van der Waals surface area (Å²) in [6.45, 7) is 7.77. The molecule has 0 unspecified atom stereocenters. The fourth-order valence-electron chi connectivity index (χ4n) is 10.4. The summed E-state index contributed by atoms with van der Waals surface area (Å²) < 4.78 is 4.80. The van der Waals surface area contributed by atoms with E-state index in [2.05, 4.69) is 190 Å². The summed E-state index contributed by atoms with van der Waals surface area (Å²) in [5.74, 6) is 0.652. The molecule has 0 spiro atoms. The number of nitrogens with zero attached hydrogens (tertiary/aromatic N) is 6. The minimum atomic E-state index is 0.594. The lowest BCUT2D eigenvalue weighted by atomic mass is 9.96. The number of para-hydroxylation sites is 3. The zero-order chi connectivity index (χ0) is 48.1. The highest BCUT2D eigenvalue weighted by atomic mass is 15.0. The van der Waals surface area contributed by atoms with E-state index in [0.717, 1.165) is 106 Å². The van der Waals surface area contributed by atoms with Crippen molar-refractivity contribution in [2.45, 2.75) is 0 Å². The summed E-state index contributed by atoms with van der Waals surface area (Å²) in [7, 11) is 0. The Bertz CT molecular complexity index is 4130. The molecule has 3 aromatic heterocycles. The largest absolute Gasteiger partial charge is 0.309 e. The van der Waals surface area contributed by atoms with E-state index in [1.54, 1.807) is 0 Å². The molecule has 13 aromatic rings. The van der Waals surface area contributed by atoms with Crippen LogP contribution >= 0.6 is 0 Å². The first kappa shape index (κ1) is 42.0. The molecule has 0 aliphatic rings. The summed E-state index contributed by atoms with van der Waals surface area (Å²) in [6, 6.07) is 86.5. The zero-order valence-electron chi connectivity index (χ0n) is 38.8. The Balaban J connectivity index is 1.11. The summed E-state index contributed by atoms with van der Waals surface area (Å²) >= 11 is 0. The van der Waals surface area contributed by atoms with Crippen LogP contribution in [0.4, 0.5) is 5.69 Å². The van der Waals surface area contributed by atoms with Crippen molar-refractivity contribution in [2.75, 3.05) is 0 Å². The standard InChI is InChI=1S/C66H40N6/c1-68-51-23-15-22-47(37-51)49-31-34-65-57(39-49)56-38-48(46-21-14-16-43(36-46)42-67)30-33-64(56)72(65)63-35-32-50(59-41-58(44-17-4-2-5-18-44)69-66(70-59)45-19-6-3-7-20-45)40-55(63)54-26-10-13-29-62(54)71-60-27-11-8-24-52(60)53-25-9-12-28-61(53)71/h2-41H. The molecule has 0 bridgehead atoms. The van der Waals surface area contributed by atoms with Gasteiger partial charge < -0.3 is 9.13 Å². The maximum atomic E-state index is 9.88. The Labute approximate surface area is 416 Å². The molecule has 0 atom stereocenters. The fraction of sp³-hybridized carbons (Fsp3) is 0. The molecule has 0 amide bonds. The third-order valence-corrected chi connectivity index (χ3v) is 13.8. The highest BCUT2D eigenvalue weighted by Gasteiger charge is 2.23. The van der Waals surface area contributed by atoms with Gasteiger partial charge in [0.05, 0.1) is 63.0 Å². The average molecular weight is 917 g/mol. The molecule has 72 heavy (non-hydrogen) atoms. The summed E-state index contributed by atoms with van der Waals surface area (Å²) in [5.41, 5.74) is 18.1. The molecule has 0 saturated carbocycles. The van der Waals surface area contributed by atoms with Crippen molar-refractivity contribution in [2.24, 2.45) is 0 Å². The summed E-state index contributed by atoms with van der Waals surface area (Å²) in [4.78, 5) is 14.2. The van der Waals surface area contributed by atoms with Gasteiger partial charge in [-0.2, -0.15) is 5.26 Å². The molecule has 6 heteroatoms. The van der Waals surface area contributed by atoms with Gasteiger partial charge in [0.2, 0.25) is 0 Å². The Morgan fingerprint density at radius 2 is 0.861 bits per heavy atom. The topological polar surface area (TPSA) is 63.8 Å². The average Bonchev–Trinajstić information content (AvgIpc) is 3.97. The van der Waals surface area contributed by atoms with E-state index in [1.165, 1.54) is 10.8 Å². The molecule has 10 aromatic carbocycles. The number of aromatic nitrogens is 4. The fourth-order valence-corrected chi connectivity index (χ4v) is 10.4. The van der Waals surface area contributed by atoms with Crippen LogP contribution in [-0.4, -0.2) is 19.1 Å². The number of hydrogen-bond donors (Lipinski definition) is 0. The minimum Gasteiger partial charge on any atom is -0.309 e. The quantitative estimate of drug-likeness (QED) is 0.143. The Morgan fingerprint density at radius 3 is 1.51 bits per heavy atom. The SMILES string of the molecule is [C-]#[N+]c1cccc(-c2ccc3c(c2)c2cc(-c4cccc(C#N)c4)ccc2n3-c2ccc(-c3cc(-c4ccccc4)nc(-c4ccccc4)n3)cc2-c2ccccc2-n2c3ccccc3c3ccccc32)c1. The van der Waals surface area contributed by atoms with Crippen LogP contribution in [0.5, 0.6) is 0 Å². The second kappa shape index (κ2) is 17.4. The van der Waals surface area contributed by atoms with Gasteiger partial charge in [-0.3, -0.25) is 0 Å². The lowest BCUT2D eigenvalue weighted by molar-refractivity contribution is 1.16. The lowest BCUT2D eigenvalue weighted by Crippen LogP contribution is -2.02. The van der Waals surface area contributed by atoms with Gasteiger partial charge in [0.15, 0.2) is 11.5 Å². The van der Waals surface area contributed by atoms with Crippen molar-refractivity contribution in [3.05, 3.63) is 260 Å². The highest BCUT2D eigenvalue weighted by molar-refractivity contribution is 6.13. The first-order valence-electron chi connectivity index (χ1n) is 23.9. The van der Waals surface area contributed by atoms with Gasteiger partial charge in [-0.15, -0.1) is 0 Å².